The second kappa shape index (κ2) is 7.74. The lowest BCUT2D eigenvalue weighted by Crippen LogP contribution is -2.21. The van der Waals surface area contributed by atoms with Crippen molar-refractivity contribution in [3.8, 4) is 0 Å². The fraction of sp³-hybridized carbons (Fsp3) is 0.333. The molecule has 0 atom stereocenters. The van der Waals surface area contributed by atoms with Crippen LogP contribution in [0.2, 0.25) is 0 Å². The maximum absolute atomic E-state index is 9.93. The number of hydrogen-bond acceptors (Lipinski definition) is 2. The molecule has 3 heteroatoms. The average Bonchev–Trinajstić information content (AvgIpc) is 2.20. The minimum absolute atomic E-state index is 0.120. The Labute approximate surface area is 90.5 Å². The van der Waals surface area contributed by atoms with Gasteiger partial charge in [-0.3, -0.25) is 4.79 Å². The van der Waals surface area contributed by atoms with Crippen LogP contribution in [0.1, 0.15) is 18.1 Å². The third-order valence-electron chi connectivity index (χ3n) is 1.65. The smallest absolute Gasteiger partial charge is 0.217 e. The molecule has 1 aromatic rings. The Bertz CT molecular complexity index is 283. The van der Waals surface area contributed by atoms with Gasteiger partial charge in [0.1, 0.15) is 6.29 Å². The van der Waals surface area contributed by atoms with Gasteiger partial charge in [-0.1, -0.05) is 35.4 Å². The molecule has 1 rings (SSSR count). The lowest BCUT2D eigenvalue weighted by atomic mass is 10.2. The number of amides is 1. The van der Waals surface area contributed by atoms with Gasteiger partial charge in [-0.15, -0.1) is 0 Å². The van der Waals surface area contributed by atoms with Gasteiger partial charge in [0, 0.05) is 6.92 Å². The minimum Gasteiger partial charge on any atom is -0.350 e. The Morgan fingerprint density at radius 2 is 1.60 bits per heavy atom. The van der Waals surface area contributed by atoms with Gasteiger partial charge in [-0.05, 0) is 13.8 Å². The zero-order chi connectivity index (χ0) is 11.7. The molecule has 0 saturated carbocycles. The van der Waals surface area contributed by atoms with Gasteiger partial charge in [-0.2, -0.15) is 0 Å². The summed E-state index contributed by atoms with van der Waals surface area (Å²) >= 11 is 0. The SMILES string of the molecule is CC(=O)NCC=O.Cc1ccc(C)cc1. The van der Waals surface area contributed by atoms with Crippen molar-refractivity contribution < 1.29 is 9.59 Å². The van der Waals surface area contributed by atoms with E-state index in [1.54, 1.807) is 0 Å². The van der Waals surface area contributed by atoms with Crippen molar-refractivity contribution in [1.82, 2.24) is 5.32 Å². The van der Waals surface area contributed by atoms with Crippen molar-refractivity contribution in [3.63, 3.8) is 0 Å². The van der Waals surface area contributed by atoms with E-state index >= 15 is 0 Å². The lowest BCUT2D eigenvalue weighted by Gasteiger charge is -1.90. The van der Waals surface area contributed by atoms with E-state index in [0.717, 1.165) is 0 Å². The fourth-order valence-electron chi connectivity index (χ4n) is 0.822. The van der Waals surface area contributed by atoms with Crippen molar-refractivity contribution in [3.05, 3.63) is 35.4 Å². The Morgan fingerprint density at radius 3 is 1.80 bits per heavy atom. The van der Waals surface area contributed by atoms with E-state index in [2.05, 4.69) is 43.4 Å². The predicted molar refractivity (Wildman–Crippen MR) is 60.7 cm³/mol. The normalized spacial score (nSPS) is 8.47. The standard InChI is InChI=1S/C8H10.C4H7NO2/c1-7-3-5-8(2)6-4-7;1-4(7)5-2-3-6/h3-6H,1-2H3;3H,2H2,1H3,(H,5,7). The Morgan fingerprint density at radius 1 is 1.20 bits per heavy atom. The number of nitrogens with one attached hydrogen (secondary N) is 1. The van der Waals surface area contributed by atoms with Gasteiger partial charge in [0.05, 0.1) is 6.54 Å². The quantitative estimate of drug-likeness (QED) is 0.749. The third-order valence-corrected chi connectivity index (χ3v) is 1.65. The molecule has 0 bridgehead atoms. The molecular weight excluding hydrogens is 190 g/mol. The number of benzene rings is 1. The minimum atomic E-state index is -0.174. The van der Waals surface area contributed by atoms with Crippen LogP contribution in [-0.4, -0.2) is 18.7 Å². The van der Waals surface area contributed by atoms with Gasteiger partial charge in [0.15, 0.2) is 0 Å². The first kappa shape index (κ1) is 13.4. The van der Waals surface area contributed by atoms with E-state index < -0.39 is 0 Å². The maximum Gasteiger partial charge on any atom is 0.217 e. The van der Waals surface area contributed by atoms with Crippen molar-refractivity contribution in [2.24, 2.45) is 0 Å². The highest BCUT2D eigenvalue weighted by molar-refractivity contribution is 5.75. The molecule has 3 nitrogen and oxygen atoms in total. The molecule has 82 valence electrons. The Balaban J connectivity index is 0.000000265. The highest BCUT2D eigenvalue weighted by atomic mass is 16.1. The van der Waals surface area contributed by atoms with Crippen molar-refractivity contribution in [1.29, 1.82) is 0 Å². The van der Waals surface area contributed by atoms with E-state index in [-0.39, 0.29) is 12.5 Å². The van der Waals surface area contributed by atoms with Crippen LogP contribution >= 0.6 is 0 Å². The molecule has 1 aromatic carbocycles. The molecule has 1 amide bonds. The second-order valence-electron chi connectivity index (χ2n) is 3.26. The van der Waals surface area contributed by atoms with Crippen LogP contribution in [0.15, 0.2) is 24.3 Å². The molecule has 0 spiro atoms. The van der Waals surface area contributed by atoms with Crippen LogP contribution in [0.3, 0.4) is 0 Å². The summed E-state index contributed by atoms with van der Waals surface area (Å²) in [6, 6.07) is 8.48. The largest absolute Gasteiger partial charge is 0.350 e. The molecule has 0 saturated heterocycles. The molecule has 1 N–H and O–H groups in total. The van der Waals surface area contributed by atoms with Gasteiger partial charge in [0.25, 0.3) is 0 Å². The molecule has 0 heterocycles. The number of carbonyl (C=O) groups excluding carboxylic acids is 2. The van der Waals surface area contributed by atoms with Crippen molar-refractivity contribution >= 4 is 12.2 Å². The van der Waals surface area contributed by atoms with Crippen LogP contribution in [-0.2, 0) is 9.59 Å². The first-order valence-electron chi connectivity index (χ1n) is 4.77. The topological polar surface area (TPSA) is 46.2 Å². The number of hydrogen-bond donors (Lipinski definition) is 1. The summed E-state index contributed by atoms with van der Waals surface area (Å²) in [5.41, 5.74) is 2.66. The molecular formula is C12H17NO2. The number of aldehydes is 1. The summed E-state index contributed by atoms with van der Waals surface area (Å²) in [4.78, 5) is 19.4. The van der Waals surface area contributed by atoms with Gasteiger partial charge in [0.2, 0.25) is 5.91 Å². The van der Waals surface area contributed by atoms with Crippen LogP contribution in [0.4, 0.5) is 0 Å². The maximum atomic E-state index is 9.93. The Kier molecular flexibility index (Phi) is 6.89. The average molecular weight is 207 g/mol. The first-order chi connectivity index (χ1) is 7.06. The van der Waals surface area contributed by atoms with Gasteiger partial charge in [-0.25, -0.2) is 0 Å². The third kappa shape index (κ3) is 8.68. The highest BCUT2D eigenvalue weighted by Gasteiger charge is 1.83. The summed E-state index contributed by atoms with van der Waals surface area (Å²) in [5, 5.41) is 2.29. The molecule has 0 radical (unpaired) electrons. The van der Waals surface area contributed by atoms with Crippen molar-refractivity contribution in [2.75, 3.05) is 6.54 Å². The molecule has 0 aliphatic heterocycles. The number of carbonyl (C=O) groups is 2. The summed E-state index contributed by atoms with van der Waals surface area (Å²) < 4.78 is 0. The van der Waals surface area contributed by atoms with Crippen LogP contribution in [0.25, 0.3) is 0 Å². The van der Waals surface area contributed by atoms with E-state index in [1.165, 1.54) is 18.1 Å². The van der Waals surface area contributed by atoms with E-state index in [4.69, 9.17) is 0 Å². The zero-order valence-corrected chi connectivity index (χ0v) is 9.41. The van der Waals surface area contributed by atoms with Crippen molar-refractivity contribution in [2.45, 2.75) is 20.8 Å². The van der Waals surface area contributed by atoms with Crippen LogP contribution in [0.5, 0.6) is 0 Å². The van der Waals surface area contributed by atoms with Gasteiger partial charge >= 0.3 is 0 Å². The molecule has 0 fully saturated rings. The fourth-order valence-corrected chi connectivity index (χ4v) is 0.822. The van der Waals surface area contributed by atoms with E-state index in [9.17, 15) is 9.59 Å². The second-order valence-corrected chi connectivity index (χ2v) is 3.26. The summed E-state index contributed by atoms with van der Waals surface area (Å²) in [5.74, 6) is -0.174. The molecule has 15 heavy (non-hydrogen) atoms. The zero-order valence-electron chi connectivity index (χ0n) is 9.41. The highest BCUT2D eigenvalue weighted by Crippen LogP contribution is 1.99. The summed E-state index contributed by atoms with van der Waals surface area (Å²) in [6.45, 7) is 5.68. The Hall–Kier alpha value is -1.64. The number of aryl methyl sites for hydroxylation is 2. The predicted octanol–water partition coefficient (Wildman–Crippen LogP) is 1.62. The van der Waals surface area contributed by atoms with Crippen LogP contribution < -0.4 is 5.32 Å². The van der Waals surface area contributed by atoms with Gasteiger partial charge < -0.3 is 10.1 Å². The molecule has 0 unspecified atom stereocenters. The molecule has 0 aromatic heterocycles. The molecule has 0 aliphatic rings. The van der Waals surface area contributed by atoms with E-state index in [1.807, 2.05) is 0 Å². The van der Waals surface area contributed by atoms with E-state index in [0.29, 0.717) is 6.29 Å². The first-order valence-corrected chi connectivity index (χ1v) is 4.77. The summed E-state index contributed by atoms with van der Waals surface area (Å²) in [7, 11) is 0. The molecule has 0 aliphatic carbocycles. The lowest BCUT2D eigenvalue weighted by molar-refractivity contribution is -0.120. The van der Waals surface area contributed by atoms with Crippen LogP contribution in [0, 0.1) is 13.8 Å². The number of rotatable bonds is 2. The monoisotopic (exact) mass is 207 g/mol. The summed E-state index contributed by atoms with van der Waals surface area (Å²) in [6.07, 6.45) is 0.640.